The molecular weight excluding hydrogens is 412 g/mol. The van der Waals surface area contributed by atoms with E-state index in [1.165, 1.54) is 0 Å². The van der Waals surface area contributed by atoms with E-state index in [0.717, 1.165) is 33.5 Å². The molecule has 7 heteroatoms. The molecule has 1 amide bonds. The average Bonchev–Trinajstić information content (AvgIpc) is 2.74. The van der Waals surface area contributed by atoms with Crippen molar-refractivity contribution in [2.45, 2.75) is 53.5 Å². The lowest BCUT2D eigenvalue weighted by atomic mass is 9.92. The predicted molar refractivity (Wildman–Crippen MR) is 124 cm³/mol. The minimum atomic E-state index is -3.61. The number of carbonyl (C=O) groups excluding carboxylic acids is 2. The number of hydrogen-bond acceptors (Lipinski definition) is 5. The number of carbonyl (C=O) groups is 2. The van der Waals surface area contributed by atoms with Crippen molar-refractivity contribution in [2.75, 3.05) is 6.26 Å². The maximum Gasteiger partial charge on any atom is 0.315 e. The van der Waals surface area contributed by atoms with E-state index in [1.807, 2.05) is 51.1 Å². The Balaban J connectivity index is 2.57. The third-order valence-electron chi connectivity index (χ3n) is 5.00. The topological polar surface area (TPSA) is 83.9 Å². The molecule has 0 saturated carbocycles. The van der Waals surface area contributed by atoms with Crippen molar-refractivity contribution in [1.82, 2.24) is 5.01 Å². The zero-order valence-corrected chi connectivity index (χ0v) is 19.6. The van der Waals surface area contributed by atoms with Crippen molar-refractivity contribution < 1.29 is 18.0 Å². The molecule has 0 aromatic heterocycles. The van der Waals surface area contributed by atoms with Gasteiger partial charge >= 0.3 is 5.91 Å². The monoisotopic (exact) mass is 442 g/mol. The van der Waals surface area contributed by atoms with Crippen LogP contribution >= 0.6 is 0 Å². The second-order valence-corrected chi connectivity index (χ2v) is 9.48. The van der Waals surface area contributed by atoms with Gasteiger partial charge in [-0.05, 0) is 42.9 Å². The minimum Gasteiger partial charge on any atom is -0.283 e. The van der Waals surface area contributed by atoms with E-state index < -0.39 is 21.5 Å². The van der Waals surface area contributed by atoms with Gasteiger partial charge in [0.2, 0.25) is 0 Å². The molecular formula is C24H30N2O4S. The Kier molecular flexibility index (Phi) is 8.28. The van der Waals surface area contributed by atoms with Gasteiger partial charge in [0.1, 0.15) is 0 Å². The summed E-state index contributed by atoms with van der Waals surface area (Å²) in [6.07, 6.45) is 2.38. The Morgan fingerprint density at radius 1 is 0.968 bits per heavy atom. The number of hydrogen-bond donors (Lipinski definition) is 0. The van der Waals surface area contributed by atoms with Crippen LogP contribution in [0.4, 0.5) is 0 Å². The summed E-state index contributed by atoms with van der Waals surface area (Å²) in [6.45, 7) is 7.48. The highest BCUT2D eigenvalue weighted by atomic mass is 32.2. The molecule has 6 nitrogen and oxygen atoms in total. The molecule has 2 rings (SSSR count). The van der Waals surface area contributed by atoms with E-state index in [2.05, 4.69) is 5.10 Å². The summed E-state index contributed by atoms with van der Waals surface area (Å²) in [5.41, 5.74) is 3.77. The fourth-order valence-corrected chi connectivity index (χ4v) is 4.24. The third kappa shape index (κ3) is 6.10. The molecule has 0 aliphatic rings. The summed E-state index contributed by atoms with van der Waals surface area (Å²) in [5, 5.41) is 4.97. The maximum atomic E-state index is 13.4. The fraction of sp³-hybridized carbons (Fsp3) is 0.375. The van der Waals surface area contributed by atoms with Crippen LogP contribution in [0.5, 0.6) is 0 Å². The standard InChI is InChI=1S/C24H30N2O4S/c1-6-19-14-17(4)15-20(7-2)22(19)23(27)24(28)26(16-18-12-10-9-11-13-18)25-21(8-3)31(5,29)30/h9-15H,6-8,16H2,1-5H3. The highest BCUT2D eigenvalue weighted by Crippen LogP contribution is 2.22. The van der Waals surface area contributed by atoms with Gasteiger partial charge in [-0.2, -0.15) is 5.10 Å². The molecule has 0 unspecified atom stereocenters. The third-order valence-corrected chi connectivity index (χ3v) is 6.23. The highest BCUT2D eigenvalue weighted by molar-refractivity contribution is 8.05. The normalized spacial score (nSPS) is 12.0. The summed E-state index contributed by atoms with van der Waals surface area (Å²) in [4.78, 5) is 26.7. The summed E-state index contributed by atoms with van der Waals surface area (Å²) in [6, 6.07) is 12.9. The summed E-state index contributed by atoms with van der Waals surface area (Å²) >= 11 is 0. The first kappa shape index (κ1) is 24.5. The number of ketones is 1. The van der Waals surface area contributed by atoms with Crippen molar-refractivity contribution in [3.8, 4) is 0 Å². The molecule has 0 atom stereocenters. The van der Waals surface area contributed by atoms with Crippen LogP contribution in [-0.4, -0.2) is 36.4 Å². The van der Waals surface area contributed by atoms with Crippen LogP contribution in [-0.2, 0) is 34.0 Å². The van der Waals surface area contributed by atoms with E-state index in [9.17, 15) is 18.0 Å². The Bertz CT molecular complexity index is 1060. The average molecular weight is 443 g/mol. The quantitative estimate of drug-likeness (QED) is 0.203. The number of amides is 1. The van der Waals surface area contributed by atoms with Gasteiger partial charge < -0.3 is 0 Å². The zero-order chi connectivity index (χ0) is 23.2. The van der Waals surface area contributed by atoms with Crippen molar-refractivity contribution in [1.29, 1.82) is 0 Å². The van der Waals surface area contributed by atoms with Gasteiger partial charge in [0, 0.05) is 11.8 Å². The molecule has 0 aliphatic carbocycles. The van der Waals surface area contributed by atoms with Crippen LogP contribution in [0.2, 0.25) is 0 Å². The van der Waals surface area contributed by atoms with Gasteiger partial charge in [-0.25, -0.2) is 13.4 Å². The van der Waals surface area contributed by atoms with Crippen LogP contribution in [0.25, 0.3) is 0 Å². The number of rotatable bonds is 8. The smallest absolute Gasteiger partial charge is 0.283 e. The van der Waals surface area contributed by atoms with Crippen molar-refractivity contribution >= 4 is 26.6 Å². The molecule has 0 fully saturated rings. The van der Waals surface area contributed by atoms with Gasteiger partial charge in [0.05, 0.1) is 6.54 Å². The molecule has 0 bridgehead atoms. The van der Waals surface area contributed by atoms with E-state index in [-0.39, 0.29) is 18.0 Å². The first-order valence-electron chi connectivity index (χ1n) is 10.4. The van der Waals surface area contributed by atoms with Gasteiger partial charge in [-0.3, -0.25) is 9.59 Å². The first-order chi connectivity index (χ1) is 14.6. The Hall–Kier alpha value is -2.80. The van der Waals surface area contributed by atoms with Crippen molar-refractivity contribution in [3.63, 3.8) is 0 Å². The number of hydrazone groups is 1. The summed E-state index contributed by atoms with van der Waals surface area (Å²) in [5.74, 6) is -1.51. The molecule has 0 aliphatic heterocycles. The van der Waals surface area contributed by atoms with Gasteiger partial charge in [-0.1, -0.05) is 68.8 Å². The Labute approximate surface area is 184 Å². The SMILES string of the molecule is CCC(=NN(Cc1ccccc1)C(=O)C(=O)c1c(CC)cc(C)cc1CC)S(C)(=O)=O. The summed E-state index contributed by atoms with van der Waals surface area (Å²) in [7, 11) is -3.61. The number of nitrogens with zero attached hydrogens (tertiary/aromatic N) is 2. The van der Waals surface area contributed by atoms with E-state index in [1.54, 1.807) is 19.1 Å². The highest BCUT2D eigenvalue weighted by Gasteiger charge is 2.28. The molecule has 0 radical (unpaired) electrons. The van der Waals surface area contributed by atoms with Crippen molar-refractivity contribution in [3.05, 3.63) is 70.3 Å². The molecule has 31 heavy (non-hydrogen) atoms. The number of sulfone groups is 1. The predicted octanol–water partition coefficient (Wildman–Crippen LogP) is 4.10. The number of aryl methyl sites for hydroxylation is 3. The van der Waals surface area contributed by atoms with Crippen molar-refractivity contribution in [2.24, 2.45) is 5.10 Å². The largest absolute Gasteiger partial charge is 0.315 e. The van der Waals surface area contributed by atoms with Crippen LogP contribution in [0.1, 0.15) is 59.8 Å². The van der Waals surface area contributed by atoms with Gasteiger partial charge in [0.25, 0.3) is 5.78 Å². The van der Waals surface area contributed by atoms with E-state index in [0.29, 0.717) is 18.4 Å². The Morgan fingerprint density at radius 3 is 1.97 bits per heavy atom. The molecule has 2 aromatic carbocycles. The number of benzene rings is 2. The second kappa shape index (κ2) is 10.5. The fourth-order valence-electron chi connectivity index (χ4n) is 3.47. The number of Topliss-reactive ketones (excluding diaryl/α,β-unsaturated/α-hetero) is 1. The molecule has 0 N–H and O–H groups in total. The van der Waals surface area contributed by atoms with E-state index in [4.69, 9.17) is 0 Å². The zero-order valence-electron chi connectivity index (χ0n) is 18.8. The lowest BCUT2D eigenvalue weighted by molar-refractivity contribution is -0.127. The van der Waals surface area contributed by atoms with Gasteiger partial charge in [0.15, 0.2) is 14.9 Å². The molecule has 0 heterocycles. The maximum absolute atomic E-state index is 13.4. The second-order valence-electron chi connectivity index (χ2n) is 7.46. The van der Waals surface area contributed by atoms with E-state index >= 15 is 0 Å². The van der Waals surface area contributed by atoms with Gasteiger partial charge in [-0.15, -0.1) is 0 Å². The summed E-state index contributed by atoms with van der Waals surface area (Å²) < 4.78 is 24.2. The Morgan fingerprint density at radius 2 is 1.52 bits per heavy atom. The lowest BCUT2D eigenvalue weighted by Crippen LogP contribution is -2.35. The van der Waals surface area contributed by atoms with Crippen LogP contribution in [0, 0.1) is 6.92 Å². The van der Waals surface area contributed by atoms with Crippen LogP contribution < -0.4 is 0 Å². The lowest BCUT2D eigenvalue weighted by Gasteiger charge is -2.20. The molecule has 2 aromatic rings. The molecule has 166 valence electrons. The molecule has 0 spiro atoms. The van der Waals surface area contributed by atoms with Crippen LogP contribution in [0.15, 0.2) is 47.6 Å². The minimum absolute atomic E-state index is 0.000782. The first-order valence-corrected chi connectivity index (χ1v) is 12.3. The molecule has 0 saturated heterocycles. The van der Waals surface area contributed by atoms with Crippen LogP contribution in [0.3, 0.4) is 0 Å².